The number of benzene rings is 1. The zero-order valence-electron chi connectivity index (χ0n) is 11.4. The van der Waals surface area contributed by atoms with Crippen LogP contribution in [0.5, 0.6) is 11.5 Å². The minimum atomic E-state index is -0.852. The second kappa shape index (κ2) is 6.11. The number of nitrogens with one attached hydrogen (secondary N) is 2. The molecular weight excluding hydrogens is 278 g/mol. The van der Waals surface area contributed by atoms with Crippen molar-refractivity contribution in [2.75, 3.05) is 14.2 Å². The first-order valence-electron chi connectivity index (χ1n) is 5.99. The molecule has 0 fully saturated rings. The Morgan fingerprint density at radius 2 is 2.19 bits per heavy atom. The van der Waals surface area contributed by atoms with Gasteiger partial charge in [0.15, 0.2) is 17.7 Å². The van der Waals surface area contributed by atoms with Crippen LogP contribution in [0.4, 0.5) is 0 Å². The van der Waals surface area contributed by atoms with E-state index in [0.29, 0.717) is 11.3 Å². The van der Waals surface area contributed by atoms with Gasteiger partial charge in [-0.05, 0) is 12.1 Å². The topological polar surface area (TPSA) is 110 Å². The van der Waals surface area contributed by atoms with E-state index in [9.17, 15) is 9.59 Å². The lowest BCUT2D eigenvalue weighted by Gasteiger charge is -2.14. The van der Waals surface area contributed by atoms with Crippen LogP contribution < -0.4 is 20.3 Å². The first-order valence-corrected chi connectivity index (χ1v) is 5.99. The average molecular weight is 291 g/mol. The molecule has 0 radical (unpaired) electrons. The van der Waals surface area contributed by atoms with Crippen molar-refractivity contribution < 1.29 is 23.8 Å². The number of hydrazine groups is 1. The van der Waals surface area contributed by atoms with Crippen molar-refractivity contribution in [3.05, 3.63) is 23.3 Å². The molecule has 1 aromatic carbocycles. The van der Waals surface area contributed by atoms with Crippen LogP contribution in [0.3, 0.4) is 0 Å². The lowest BCUT2D eigenvalue weighted by Crippen LogP contribution is -2.39. The van der Waals surface area contributed by atoms with Gasteiger partial charge in [0.1, 0.15) is 12.0 Å². The highest BCUT2D eigenvalue weighted by Gasteiger charge is 2.35. The summed E-state index contributed by atoms with van der Waals surface area (Å²) in [6, 6.07) is 4.97. The molecule has 1 aliphatic heterocycles. The van der Waals surface area contributed by atoms with E-state index in [2.05, 4.69) is 10.9 Å². The predicted molar refractivity (Wildman–Crippen MR) is 69.2 cm³/mol. The first kappa shape index (κ1) is 14.6. The molecule has 110 valence electrons. The first-order chi connectivity index (χ1) is 10.1. The molecule has 0 bridgehead atoms. The number of rotatable bonds is 5. The summed E-state index contributed by atoms with van der Waals surface area (Å²) >= 11 is 0. The summed E-state index contributed by atoms with van der Waals surface area (Å²) in [6.07, 6.45) is -1.15. The van der Waals surface area contributed by atoms with E-state index >= 15 is 0 Å². The standard InChI is InChI=1S/C13H13N3O5/c1-19-8-4-3-7-10(11(8)20-2)13(18)21-12(7)16-15-9(17)5-6-14/h3-4,12,16H,5H2,1-2H3,(H,15,17). The SMILES string of the molecule is COc1ccc2c(c1OC)C(=O)OC2NNC(=O)CC#N. The molecule has 0 aliphatic carbocycles. The van der Waals surface area contributed by atoms with Crippen LogP contribution in [-0.4, -0.2) is 26.1 Å². The number of cyclic esters (lactones) is 1. The highest BCUT2D eigenvalue weighted by molar-refractivity contribution is 5.98. The van der Waals surface area contributed by atoms with Crippen LogP contribution >= 0.6 is 0 Å². The third-order valence-electron chi connectivity index (χ3n) is 2.87. The molecule has 0 spiro atoms. The minimum Gasteiger partial charge on any atom is -0.493 e. The molecule has 1 aliphatic rings. The number of amides is 1. The van der Waals surface area contributed by atoms with Crippen molar-refractivity contribution in [1.82, 2.24) is 10.9 Å². The quantitative estimate of drug-likeness (QED) is 0.597. The molecular formula is C13H13N3O5. The summed E-state index contributed by atoms with van der Waals surface area (Å²) in [6.45, 7) is 0. The van der Waals surface area contributed by atoms with Gasteiger partial charge in [0.05, 0.1) is 20.3 Å². The van der Waals surface area contributed by atoms with E-state index < -0.39 is 18.1 Å². The Bertz CT molecular complexity index is 623. The fourth-order valence-electron chi connectivity index (χ4n) is 1.97. The van der Waals surface area contributed by atoms with Crippen molar-refractivity contribution in [2.45, 2.75) is 12.6 Å². The normalized spacial score (nSPS) is 15.7. The third-order valence-corrected chi connectivity index (χ3v) is 2.87. The Morgan fingerprint density at radius 1 is 1.43 bits per heavy atom. The summed E-state index contributed by atoms with van der Waals surface area (Å²) in [4.78, 5) is 23.2. The van der Waals surface area contributed by atoms with Crippen LogP contribution in [0.25, 0.3) is 0 Å². The van der Waals surface area contributed by atoms with Gasteiger partial charge in [-0.1, -0.05) is 0 Å². The fourth-order valence-corrected chi connectivity index (χ4v) is 1.97. The third kappa shape index (κ3) is 2.73. The predicted octanol–water partition coefficient (Wildman–Crippen LogP) is 0.407. The molecule has 21 heavy (non-hydrogen) atoms. The molecule has 2 N–H and O–H groups in total. The van der Waals surface area contributed by atoms with E-state index in [1.807, 2.05) is 0 Å². The number of hydrogen-bond acceptors (Lipinski definition) is 7. The van der Waals surface area contributed by atoms with E-state index in [4.69, 9.17) is 19.5 Å². The van der Waals surface area contributed by atoms with Gasteiger partial charge in [-0.3, -0.25) is 10.2 Å². The van der Waals surface area contributed by atoms with Crippen molar-refractivity contribution in [3.8, 4) is 17.6 Å². The van der Waals surface area contributed by atoms with Gasteiger partial charge in [-0.25, -0.2) is 4.79 Å². The second-order valence-corrected chi connectivity index (χ2v) is 4.08. The lowest BCUT2D eigenvalue weighted by molar-refractivity contribution is -0.122. The molecule has 2 rings (SSSR count). The van der Waals surface area contributed by atoms with Crippen LogP contribution in [-0.2, 0) is 9.53 Å². The van der Waals surface area contributed by atoms with Gasteiger partial charge in [-0.15, -0.1) is 0 Å². The number of carbonyl (C=O) groups is 2. The summed E-state index contributed by atoms with van der Waals surface area (Å²) in [5, 5.41) is 8.40. The number of nitriles is 1. The monoisotopic (exact) mass is 291 g/mol. The largest absolute Gasteiger partial charge is 0.493 e. The minimum absolute atomic E-state index is 0.240. The summed E-state index contributed by atoms with van der Waals surface area (Å²) in [5.74, 6) is -0.440. The molecule has 1 unspecified atom stereocenters. The van der Waals surface area contributed by atoms with Gasteiger partial charge < -0.3 is 14.2 Å². The fraction of sp³-hybridized carbons (Fsp3) is 0.308. The highest BCUT2D eigenvalue weighted by atomic mass is 16.6. The molecule has 1 amide bonds. The number of carbonyl (C=O) groups excluding carboxylic acids is 2. The van der Waals surface area contributed by atoms with E-state index in [1.165, 1.54) is 14.2 Å². The molecule has 0 aromatic heterocycles. The summed E-state index contributed by atoms with van der Waals surface area (Å²) in [7, 11) is 2.88. The second-order valence-electron chi connectivity index (χ2n) is 4.08. The van der Waals surface area contributed by atoms with Crippen molar-refractivity contribution >= 4 is 11.9 Å². The maximum absolute atomic E-state index is 11.9. The van der Waals surface area contributed by atoms with Gasteiger partial charge in [0.2, 0.25) is 5.91 Å². The number of ether oxygens (including phenoxy) is 3. The van der Waals surface area contributed by atoms with Crippen LogP contribution in [0.2, 0.25) is 0 Å². The maximum atomic E-state index is 11.9. The zero-order valence-corrected chi connectivity index (χ0v) is 11.4. The molecule has 1 heterocycles. The Kier molecular flexibility index (Phi) is 4.25. The molecule has 8 heteroatoms. The highest BCUT2D eigenvalue weighted by Crippen LogP contribution is 2.40. The number of methoxy groups -OCH3 is 2. The van der Waals surface area contributed by atoms with Crippen LogP contribution in [0.1, 0.15) is 28.6 Å². The Hall–Kier alpha value is -2.79. The van der Waals surface area contributed by atoms with E-state index in [0.717, 1.165) is 0 Å². The van der Waals surface area contributed by atoms with Gasteiger partial charge >= 0.3 is 5.97 Å². The van der Waals surface area contributed by atoms with E-state index in [-0.39, 0.29) is 17.7 Å². The maximum Gasteiger partial charge on any atom is 0.344 e. The van der Waals surface area contributed by atoms with Crippen molar-refractivity contribution in [2.24, 2.45) is 0 Å². The van der Waals surface area contributed by atoms with Gasteiger partial charge in [0, 0.05) is 5.56 Å². The Labute approximate surface area is 120 Å². The van der Waals surface area contributed by atoms with Gasteiger partial charge in [0.25, 0.3) is 0 Å². The molecule has 8 nitrogen and oxygen atoms in total. The molecule has 1 atom stereocenters. The van der Waals surface area contributed by atoms with Crippen molar-refractivity contribution in [3.63, 3.8) is 0 Å². The van der Waals surface area contributed by atoms with Crippen LogP contribution in [0.15, 0.2) is 12.1 Å². The van der Waals surface area contributed by atoms with Gasteiger partial charge in [-0.2, -0.15) is 10.7 Å². The van der Waals surface area contributed by atoms with Crippen LogP contribution in [0, 0.1) is 11.3 Å². The number of esters is 1. The zero-order chi connectivity index (χ0) is 15.4. The Balaban J connectivity index is 2.24. The molecule has 0 saturated heterocycles. The molecule has 0 saturated carbocycles. The number of nitrogens with zero attached hydrogens (tertiary/aromatic N) is 1. The lowest BCUT2D eigenvalue weighted by atomic mass is 10.1. The smallest absolute Gasteiger partial charge is 0.344 e. The molecule has 1 aromatic rings. The number of fused-ring (bicyclic) bond motifs is 1. The Morgan fingerprint density at radius 3 is 2.81 bits per heavy atom. The average Bonchev–Trinajstić information content (AvgIpc) is 2.81. The number of hydrogen-bond donors (Lipinski definition) is 2. The van der Waals surface area contributed by atoms with Crippen molar-refractivity contribution in [1.29, 1.82) is 5.26 Å². The summed E-state index contributed by atoms with van der Waals surface area (Å²) in [5.41, 5.74) is 5.59. The van der Waals surface area contributed by atoms with E-state index in [1.54, 1.807) is 18.2 Å². The summed E-state index contributed by atoms with van der Waals surface area (Å²) < 4.78 is 15.4.